The molecule has 1 aromatic heterocycles. The Hall–Kier alpha value is -2.43. The predicted octanol–water partition coefficient (Wildman–Crippen LogP) is 2.34. The lowest BCUT2D eigenvalue weighted by molar-refractivity contribution is -0.114. The van der Waals surface area contributed by atoms with E-state index < -0.39 is 0 Å². The first-order valence-electron chi connectivity index (χ1n) is 9.57. The number of carbonyl (C=O) groups is 1. The van der Waals surface area contributed by atoms with Gasteiger partial charge in [-0.15, -0.1) is 24.0 Å². The second kappa shape index (κ2) is 11.5. The van der Waals surface area contributed by atoms with Gasteiger partial charge >= 0.3 is 0 Å². The molecule has 0 saturated carbocycles. The van der Waals surface area contributed by atoms with Crippen molar-refractivity contribution in [2.24, 2.45) is 4.99 Å². The van der Waals surface area contributed by atoms with Crippen LogP contribution in [0.4, 0.5) is 11.6 Å². The minimum absolute atomic E-state index is 0. The second-order valence-corrected chi connectivity index (χ2v) is 6.57. The number of anilines is 2. The Kier molecular flexibility index (Phi) is 9.10. The zero-order chi connectivity index (χ0) is 19.8. The summed E-state index contributed by atoms with van der Waals surface area (Å²) in [5, 5.41) is 6.19. The van der Waals surface area contributed by atoms with Crippen LogP contribution in [0.15, 0.2) is 47.7 Å². The standard InChI is InChI=1S/C20H27N7O.HI/c1-3-21-19(24-15-17-6-4-7-18(14-17)25-16(2)28)26-10-12-27(13-11-26)20-22-8-5-9-23-20;/h4-9,14H,3,10-13,15H2,1-2H3,(H,21,24)(H,25,28);1H. The number of guanidine groups is 1. The molecule has 156 valence electrons. The lowest BCUT2D eigenvalue weighted by Crippen LogP contribution is -2.52. The summed E-state index contributed by atoms with van der Waals surface area (Å²) in [4.78, 5) is 29.2. The molecule has 0 spiro atoms. The van der Waals surface area contributed by atoms with Crippen LogP contribution in [0.5, 0.6) is 0 Å². The first-order valence-corrected chi connectivity index (χ1v) is 9.57. The quantitative estimate of drug-likeness (QED) is 0.366. The molecule has 1 saturated heterocycles. The van der Waals surface area contributed by atoms with Gasteiger partial charge in [-0.2, -0.15) is 0 Å². The molecule has 1 amide bonds. The van der Waals surface area contributed by atoms with Crippen molar-refractivity contribution in [3.63, 3.8) is 0 Å². The Morgan fingerprint density at radius 2 is 1.86 bits per heavy atom. The molecule has 3 rings (SSSR count). The number of halogens is 1. The zero-order valence-corrected chi connectivity index (χ0v) is 19.2. The summed E-state index contributed by atoms with van der Waals surface area (Å²) < 4.78 is 0. The lowest BCUT2D eigenvalue weighted by atomic mass is 10.2. The fourth-order valence-electron chi connectivity index (χ4n) is 3.12. The molecular weight excluding hydrogens is 481 g/mol. The smallest absolute Gasteiger partial charge is 0.225 e. The maximum atomic E-state index is 11.2. The maximum absolute atomic E-state index is 11.2. The van der Waals surface area contributed by atoms with Crippen LogP contribution in [0.25, 0.3) is 0 Å². The van der Waals surface area contributed by atoms with Crippen molar-refractivity contribution in [1.29, 1.82) is 0 Å². The van der Waals surface area contributed by atoms with Crippen molar-refractivity contribution in [1.82, 2.24) is 20.2 Å². The molecule has 2 N–H and O–H groups in total. The largest absolute Gasteiger partial charge is 0.357 e. The third-order valence-electron chi connectivity index (χ3n) is 4.41. The number of amides is 1. The van der Waals surface area contributed by atoms with Gasteiger partial charge in [0.25, 0.3) is 0 Å². The van der Waals surface area contributed by atoms with E-state index in [1.807, 2.05) is 30.3 Å². The number of hydrogen-bond acceptors (Lipinski definition) is 5. The fraction of sp³-hybridized carbons (Fsp3) is 0.400. The van der Waals surface area contributed by atoms with Crippen LogP contribution in [0, 0.1) is 0 Å². The molecule has 29 heavy (non-hydrogen) atoms. The first-order chi connectivity index (χ1) is 13.7. The molecule has 0 bridgehead atoms. The number of aromatic nitrogens is 2. The Balaban J connectivity index is 0.00000300. The van der Waals surface area contributed by atoms with E-state index in [4.69, 9.17) is 4.99 Å². The number of nitrogens with one attached hydrogen (secondary N) is 2. The van der Waals surface area contributed by atoms with E-state index in [-0.39, 0.29) is 29.9 Å². The maximum Gasteiger partial charge on any atom is 0.225 e. The van der Waals surface area contributed by atoms with Crippen molar-refractivity contribution < 1.29 is 4.79 Å². The minimum atomic E-state index is -0.0748. The Labute approximate surface area is 188 Å². The summed E-state index contributed by atoms with van der Waals surface area (Å²) in [6.07, 6.45) is 3.55. The van der Waals surface area contributed by atoms with Gasteiger partial charge in [-0.25, -0.2) is 15.0 Å². The van der Waals surface area contributed by atoms with Crippen molar-refractivity contribution in [3.05, 3.63) is 48.3 Å². The second-order valence-electron chi connectivity index (χ2n) is 6.57. The molecule has 0 atom stereocenters. The van der Waals surface area contributed by atoms with Gasteiger partial charge in [-0.3, -0.25) is 4.79 Å². The number of benzene rings is 1. The van der Waals surface area contributed by atoms with Gasteiger partial charge in [0, 0.05) is 57.7 Å². The van der Waals surface area contributed by atoms with Crippen molar-refractivity contribution in [2.75, 3.05) is 42.9 Å². The molecule has 0 aliphatic carbocycles. The lowest BCUT2D eigenvalue weighted by Gasteiger charge is -2.36. The van der Waals surface area contributed by atoms with E-state index >= 15 is 0 Å². The number of piperazine rings is 1. The van der Waals surface area contributed by atoms with E-state index in [1.165, 1.54) is 6.92 Å². The molecule has 0 unspecified atom stereocenters. The van der Waals surface area contributed by atoms with Crippen LogP contribution in [0.2, 0.25) is 0 Å². The molecule has 0 radical (unpaired) electrons. The molecule has 2 aromatic rings. The zero-order valence-electron chi connectivity index (χ0n) is 16.8. The molecule has 2 heterocycles. The minimum Gasteiger partial charge on any atom is -0.357 e. The van der Waals surface area contributed by atoms with Gasteiger partial charge in [-0.05, 0) is 30.7 Å². The van der Waals surface area contributed by atoms with Gasteiger partial charge < -0.3 is 20.4 Å². The van der Waals surface area contributed by atoms with Crippen molar-refractivity contribution >= 4 is 47.5 Å². The Morgan fingerprint density at radius 1 is 1.14 bits per heavy atom. The molecular formula is C20H28IN7O. The van der Waals surface area contributed by atoms with E-state index in [0.717, 1.165) is 55.9 Å². The highest BCUT2D eigenvalue weighted by molar-refractivity contribution is 14.0. The normalized spacial score (nSPS) is 14.2. The highest BCUT2D eigenvalue weighted by atomic mass is 127. The average molecular weight is 509 g/mol. The summed E-state index contributed by atoms with van der Waals surface area (Å²) in [7, 11) is 0. The highest BCUT2D eigenvalue weighted by Gasteiger charge is 2.21. The third kappa shape index (κ3) is 6.84. The average Bonchev–Trinajstić information content (AvgIpc) is 2.72. The van der Waals surface area contributed by atoms with E-state index in [0.29, 0.717) is 6.54 Å². The van der Waals surface area contributed by atoms with Gasteiger partial charge in [-0.1, -0.05) is 12.1 Å². The van der Waals surface area contributed by atoms with Gasteiger partial charge in [0.2, 0.25) is 11.9 Å². The number of hydrogen-bond donors (Lipinski definition) is 2. The Morgan fingerprint density at radius 3 is 2.52 bits per heavy atom. The molecule has 8 nitrogen and oxygen atoms in total. The topological polar surface area (TPSA) is 85.8 Å². The fourth-order valence-corrected chi connectivity index (χ4v) is 3.12. The number of rotatable bonds is 5. The summed E-state index contributed by atoms with van der Waals surface area (Å²) in [6, 6.07) is 9.62. The molecule has 9 heteroatoms. The SMILES string of the molecule is CCNC(=NCc1cccc(NC(C)=O)c1)N1CCN(c2ncccn2)CC1.I. The van der Waals surface area contributed by atoms with Crippen LogP contribution in [-0.4, -0.2) is 59.5 Å². The van der Waals surface area contributed by atoms with E-state index in [1.54, 1.807) is 12.4 Å². The highest BCUT2D eigenvalue weighted by Crippen LogP contribution is 2.13. The van der Waals surface area contributed by atoms with E-state index in [2.05, 4.69) is 37.3 Å². The summed E-state index contributed by atoms with van der Waals surface area (Å²) in [5.74, 6) is 1.61. The number of carbonyl (C=O) groups excluding carboxylic acids is 1. The number of aliphatic imine (C=N–C) groups is 1. The monoisotopic (exact) mass is 509 g/mol. The van der Waals surface area contributed by atoms with Crippen LogP contribution < -0.4 is 15.5 Å². The number of nitrogens with zero attached hydrogens (tertiary/aromatic N) is 5. The summed E-state index contributed by atoms with van der Waals surface area (Å²) in [6.45, 7) is 8.37. The van der Waals surface area contributed by atoms with Gasteiger partial charge in [0.15, 0.2) is 5.96 Å². The molecule has 1 aromatic carbocycles. The predicted molar refractivity (Wildman–Crippen MR) is 127 cm³/mol. The summed E-state index contributed by atoms with van der Waals surface area (Å²) in [5.41, 5.74) is 1.85. The van der Waals surface area contributed by atoms with Gasteiger partial charge in [0.1, 0.15) is 0 Å². The van der Waals surface area contributed by atoms with Crippen LogP contribution >= 0.6 is 24.0 Å². The summed E-state index contributed by atoms with van der Waals surface area (Å²) >= 11 is 0. The molecule has 1 aliphatic heterocycles. The van der Waals surface area contributed by atoms with Gasteiger partial charge in [0.05, 0.1) is 6.54 Å². The van der Waals surface area contributed by atoms with Crippen molar-refractivity contribution in [2.45, 2.75) is 20.4 Å². The van der Waals surface area contributed by atoms with E-state index in [9.17, 15) is 4.79 Å². The molecule has 1 aliphatic rings. The third-order valence-corrected chi connectivity index (χ3v) is 4.41. The van der Waals surface area contributed by atoms with Crippen LogP contribution in [-0.2, 0) is 11.3 Å². The molecule has 1 fully saturated rings. The first kappa shape index (κ1) is 22.9. The van der Waals surface area contributed by atoms with Crippen molar-refractivity contribution in [3.8, 4) is 0 Å². The Bertz CT molecular complexity index is 807. The van der Waals surface area contributed by atoms with Crippen LogP contribution in [0.3, 0.4) is 0 Å². The van der Waals surface area contributed by atoms with Crippen LogP contribution in [0.1, 0.15) is 19.4 Å².